The van der Waals surface area contributed by atoms with Crippen LogP contribution in [-0.2, 0) is 11.2 Å². The Bertz CT molecular complexity index is 3070. The highest BCUT2D eigenvalue weighted by atomic mass is 35.5. The van der Waals surface area contributed by atoms with Gasteiger partial charge in [-0.2, -0.15) is 15.0 Å². The van der Waals surface area contributed by atoms with E-state index in [9.17, 15) is 17.6 Å². The maximum atomic E-state index is 14.3. The second kappa shape index (κ2) is 15.7. The van der Waals surface area contributed by atoms with Crippen LogP contribution in [0.5, 0.6) is 11.5 Å². The van der Waals surface area contributed by atoms with E-state index in [4.69, 9.17) is 26.1 Å². The van der Waals surface area contributed by atoms with E-state index < -0.39 is 34.5 Å². The fraction of sp³-hybridized carbons (Fsp3) is 0.0377. The molecule has 0 bridgehead atoms. The molecule has 0 amide bonds. The minimum atomic E-state index is -1.29. The van der Waals surface area contributed by atoms with Crippen molar-refractivity contribution < 1.29 is 27.0 Å². The van der Waals surface area contributed by atoms with Gasteiger partial charge in [-0.05, 0) is 118 Å². The summed E-state index contributed by atoms with van der Waals surface area (Å²) < 4.78 is 71.4. The van der Waals surface area contributed by atoms with Crippen LogP contribution in [0.15, 0.2) is 170 Å². The van der Waals surface area contributed by atoms with E-state index >= 15 is 0 Å². The van der Waals surface area contributed by atoms with Crippen LogP contribution in [0.2, 0.25) is 5.28 Å². The van der Waals surface area contributed by atoms with Gasteiger partial charge in [0.2, 0.25) is 17.2 Å². The number of benzene rings is 8. The molecule has 2 N–H and O–H groups in total. The molecule has 0 saturated carbocycles. The fourth-order valence-corrected chi connectivity index (χ4v) is 8.85. The lowest BCUT2D eigenvalue weighted by molar-refractivity contribution is 0.162. The number of hydrogen-bond donors (Lipinski definition) is 2. The zero-order valence-electron chi connectivity index (χ0n) is 33.9. The summed E-state index contributed by atoms with van der Waals surface area (Å²) in [5.41, 5.74) is 2.31. The Balaban J connectivity index is 1.01. The van der Waals surface area contributed by atoms with Crippen molar-refractivity contribution >= 4 is 68.6 Å². The van der Waals surface area contributed by atoms with Crippen LogP contribution in [-0.4, -0.2) is 15.0 Å². The summed E-state index contributed by atoms with van der Waals surface area (Å²) in [6, 6.07) is 43.4. The first-order chi connectivity index (χ1) is 31.6. The number of fused-ring (bicyclic) bond motifs is 6. The molecule has 7 nitrogen and oxygen atoms in total. The van der Waals surface area contributed by atoms with Crippen LogP contribution >= 0.6 is 11.6 Å². The molecule has 3 heterocycles. The van der Waals surface area contributed by atoms with Crippen LogP contribution in [0, 0.1) is 23.3 Å². The number of halogens is 5. The highest BCUT2D eigenvalue weighted by Gasteiger charge is 2.40. The van der Waals surface area contributed by atoms with Gasteiger partial charge in [-0.1, -0.05) is 97.1 Å². The van der Waals surface area contributed by atoms with E-state index in [1.807, 2.05) is 85.0 Å². The van der Waals surface area contributed by atoms with E-state index in [0.29, 0.717) is 45.1 Å². The summed E-state index contributed by atoms with van der Waals surface area (Å²) in [5, 5.41) is 10.1. The van der Waals surface area contributed by atoms with Crippen molar-refractivity contribution in [2.24, 2.45) is 0 Å². The van der Waals surface area contributed by atoms with Crippen molar-refractivity contribution in [2.45, 2.75) is 11.2 Å². The van der Waals surface area contributed by atoms with Crippen molar-refractivity contribution in [3.8, 4) is 11.5 Å². The van der Waals surface area contributed by atoms with Gasteiger partial charge in [0, 0.05) is 33.4 Å². The molecule has 0 atom stereocenters. The van der Waals surface area contributed by atoms with Crippen molar-refractivity contribution in [1.29, 1.82) is 0 Å². The molecule has 11 rings (SSSR count). The molecule has 9 aromatic rings. The van der Waals surface area contributed by atoms with Crippen LogP contribution in [0.4, 0.5) is 40.8 Å². The number of aromatic nitrogens is 3. The third kappa shape index (κ3) is 7.06. The molecule has 0 spiro atoms. The van der Waals surface area contributed by atoms with Gasteiger partial charge in [0.05, 0.1) is 11.4 Å². The first-order valence-electron chi connectivity index (χ1n) is 20.5. The molecule has 0 unspecified atom stereocenters. The number of anilines is 4. The maximum Gasteiger partial charge on any atom is 0.233 e. The van der Waals surface area contributed by atoms with Gasteiger partial charge >= 0.3 is 0 Å². The van der Waals surface area contributed by atoms with Crippen LogP contribution in [0.25, 0.3) is 33.7 Å². The van der Waals surface area contributed by atoms with E-state index in [1.54, 1.807) is 48.5 Å². The smallest absolute Gasteiger partial charge is 0.233 e. The number of hydrogen-bond acceptors (Lipinski definition) is 7. The molecule has 65 heavy (non-hydrogen) atoms. The Morgan fingerprint density at radius 2 is 0.769 bits per heavy atom. The standard InChI is InChI=1S/C53H32ClF4N5O2/c54-49-61-50(59-45-29-31-5-1-3-7-41(31)43-25-27-52(64-47(43)45,33-9-17-37(55)18-10-33)34-11-19-38(56)20-12-34)63-51(62-49)60-46-30-32-6-2-4-8-42(32)44-26-28-53(65-48(44)46,35-13-21-39(57)22-14-35)36-15-23-40(58)24-16-36/h1-30H,(H2,59,60,61,62,63). The lowest BCUT2D eigenvalue weighted by Gasteiger charge is -2.37. The van der Waals surface area contributed by atoms with Crippen molar-refractivity contribution in [2.75, 3.05) is 10.6 Å². The lowest BCUT2D eigenvalue weighted by atomic mass is 9.83. The lowest BCUT2D eigenvalue weighted by Crippen LogP contribution is -2.34. The van der Waals surface area contributed by atoms with Gasteiger partial charge in [0.1, 0.15) is 23.3 Å². The second-order valence-electron chi connectivity index (χ2n) is 15.6. The Hall–Kier alpha value is -8.02. The van der Waals surface area contributed by atoms with Gasteiger partial charge in [-0.3, -0.25) is 0 Å². The average molecular weight is 882 g/mol. The minimum absolute atomic E-state index is 0.0692. The second-order valence-corrected chi connectivity index (χ2v) is 16.0. The fourth-order valence-electron chi connectivity index (χ4n) is 8.69. The Morgan fingerprint density at radius 3 is 1.12 bits per heavy atom. The quantitative estimate of drug-likeness (QED) is 0.147. The molecular formula is C53H32ClF4N5O2. The Morgan fingerprint density at radius 1 is 0.431 bits per heavy atom. The monoisotopic (exact) mass is 881 g/mol. The summed E-state index contributed by atoms with van der Waals surface area (Å²) in [7, 11) is 0. The molecule has 2 aliphatic heterocycles. The molecule has 1 aromatic heterocycles. The van der Waals surface area contributed by atoms with E-state index in [1.165, 1.54) is 48.5 Å². The van der Waals surface area contributed by atoms with Crippen LogP contribution < -0.4 is 20.1 Å². The van der Waals surface area contributed by atoms with Crippen molar-refractivity contribution in [3.05, 3.63) is 232 Å². The average Bonchev–Trinajstić information content (AvgIpc) is 3.32. The van der Waals surface area contributed by atoms with E-state index in [0.717, 1.165) is 32.7 Å². The Labute approximate surface area is 374 Å². The van der Waals surface area contributed by atoms with Crippen molar-refractivity contribution in [3.63, 3.8) is 0 Å². The summed E-state index contributed by atoms with van der Waals surface area (Å²) >= 11 is 6.67. The largest absolute Gasteiger partial charge is 0.471 e. The topological polar surface area (TPSA) is 81.2 Å². The molecule has 0 fully saturated rings. The maximum absolute atomic E-state index is 14.3. The Kier molecular flexibility index (Phi) is 9.58. The van der Waals surface area contributed by atoms with E-state index in [-0.39, 0.29) is 17.2 Å². The van der Waals surface area contributed by atoms with Crippen molar-refractivity contribution in [1.82, 2.24) is 15.0 Å². The highest BCUT2D eigenvalue weighted by molar-refractivity contribution is 6.28. The summed E-state index contributed by atoms with van der Waals surface area (Å²) in [4.78, 5) is 13.7. The molecule has 8 aromatic carbocycles. The number of rotatable bonds is 8. The van der Waals surface area contributed by atoms with Gasteiger partial charge in [0.15, 0.2) is 22.7 Å². The molecule has 316 valence electrons. The van der Waals surface area contributed by atoms with E-state index in [2.05, 4.69) is 20.6 Å². The normalized spacial score (nSPS) is 14.3. The van der Waals surface area contributed by atoms with Crippen LogP contribution in [0.1, 0.15) is 33.4 Å². The third-order valence-electron chi connectivity index (χ3n) is 11.8. The molecule has 0 saturated heterocycles. The number of ether oxygens (including phenoxy) is 2. The molecule has 12 heteroatoms. The van der Waals surface area contributed by atoms with Crippen LogP contribution in [0.3, 0.4) is 0 Å². The zero-order valence-corrected chi connectivity index (χ0v) is 34.6. The summed E-state index contributed by atoms with van der Waals surface area (Å²) in [6.07, 6.45) is 7.66. The zero-order chi connectivity index (χ0) is 44.3. The molecule has 0 aliphatic carbocycles. The molecule has 0 radical (unpaired) electrons. The van der Waals surface area contributed by atoms with Gasteiger partial charge < -0.3 is 20.1 Å². The first kappa shape index (κ1) is 39.8. The number of nitrogens with zero attached hydrogens (tertiary/aromatic N) is 3. The highest BCUT2D eigenvalue weighted by Crippen LogP contribution is 2.50. The minimum Gasteiger partial charge on any atom is -0.471 e. The predicted octanol–water partition coefficient (Wildman–Crippen LogP) is 13.6. The molecular weight excluding hydrogens is 850 g/mol. The summed E-state index contributed by atoms with van der Waals surface area (Å²) in [5.74, 6) is -0.681. The predicted molar refractivity (Wildman–Crippen MR) is 246 cm³/mol. The SMILES string of the molecule is Fc1ccc(C2(c3ccc(F)cc3)C=Cc3c(c(Nc4nc(Cl)nc(Nc5cc6ccccc6c6c5OC(c5ccc(F)cc5)(c5ccc(F)cc5)C=C6)n4)cc4ccccc34)O2)cc1. The van der Waals surface area contributed by atoms with Gasteiger partial charge in [0.25, 0.3) is 0 Å². The summed E-state index contributed by atoms with van der Waals surface area (Å²) in [6.45, 7) is 0. The third-order valence-corrected chi connectivity index (χ3v) is 11.9. The van der Waals surface area contributed by atoms with Gasteiger partial charge in [-0.15, -0.1) is 0 Å². The first-order valence-corrected chi connectivity index (χ1v) is 20.9. The number of nitrogens with one attached hydrogen (secondary N) is 2. The molecule has 2 aliphatic rings. The van der Waals surface area contributed by atoms with Gasteiger partial charge in [-0.25, -0.2) is 17.6 Å².